The van der Waals surface area contributed by atoms with Gasteiger partial charge in [-0.3, -0.25) is 14.8 Å². The SMILES string of the molecule is Fc1ccc(CN2CCN(Cc3ccccn3)CC2)c(Cl)c1. The Labute approximate surface area is 135 Å². The summed E-state index contributed by atoms with van der Waals surface area (Å²) >= 11 is 6.10. The van der Waals surface area contributed by atoms with Crippen molar-refractivity contribution in [2.75, 3.05) is 26.2 Å². The molecule has 1 aliphatic heterocycles. The van der Waals surface area contributed by atoms with Crippen LogP contribution in [-0.4, -0.2) is 41.0 Å². The maximum Gasteiger partial charge on any atom is 0.124 e. The fourth-order valence-corrected chi connectivity index (χ4v) is 2.94. The molecular formula is C17H19ClFN3. The molecule has 5 heteroatoms. The summed E-state index contributed by atoms with van der Waals surface area (Å²) in [6.45, 7) is 5.66. The van der Waals surface area contributed by atoms with Gasteiger partial charge in [0.2, 0.25) is 0 Å². The van der Waals surface area contributed by atoms with E-state index in [-0.39, 0.29) is 5.82 Å². The van der Waals surface area contributed by atoms with Crippen molar-refractivity contribution in [3.8, 4) is 0 Å². The van der Waals surface area contributed by atoms with Gasteiger partial charge in [-0.05, 0) is 29.8 Å². The second-order valence-corrected chi connectivity index (χ2v) is 6.02. The van der Waals surface area contributed by atoms with E-state index in [9.17, 15) is 4.39 Å². The lowest BCUT2D eigenvalue weighted by Gasteiger charge is -2.34. The van der Waals surface area contributed by atoms with Crippen LogP contribution in [0.5, 0.6) is 0 Å². The van der Waals surface area contributed by atoms with Crippen molar-refractivity contribution in [1.82, 2.24) is 14.8 Å². The van der Waals surface area contributed by atoms with Crippen LogP contribution in [0.2, 0.25) is 5.02 Å². The smallest absolute Gasteiger partial charge is 0.124 e. The minimum atomic E-state index is -0.283. The molecule has 1 aromatic carbocycles. The second-order valence-electron chi connectivity index (χ2n) is 5.61. The predicted molar refractivity (Wildman–Crippen MR) is 86.2 cm³/mol. The molecule has 0 N–H and O–H groups in total. The first-order valence-corrected chi connectivity index (χ1v) is 7.87. The van der Waals surface area contributed by atoms with E-state index in [0.717, 1.165) is 50.5 Å². The van der Waals surface area contributed by atoms with E-state index >= 15 is 0 Å². The van der Waals surface area contributed by atoms with Gasteiger partial charge in [0.1, 0.15) is 5.82 Å². The standard InChI is InChI=1S/C17H19ClFN3/c18-17-11-15(19)5-4-14(17)12-21-7-9-22(10-8-21)13-16-3-1-2-6-20-16/h1-6,11H,7-10,12-13H2. The number of hydrogen-bond donors (Lipinski definition) is 0. The van der Waals surface area contributed by atoms with Gasteiger partial charge in [-0.25, -0.2) is 4.39 Å². The van der Waals surface area contributed by atoms with Crippen molar-refractivity contribution in [1.29, 1.82) is 0 Å². The zero-order valence-electron chi connectivity index (χ0n) is 12.4. The highest BCUT2D eigenvalue weighted by atomic mass is 35.5. The highest BCUT2D eigenvalue weighted by molar-refractivity contribution is 6.31. The molecule has 0 unspecified atom stereocenters. The van der Waals surface area contributed by atoms with E-state index in [2.05, 4.69) is 20.9 Å². The number of pyridine rings is 1. The molecule has 0 atom stereocenters. The number of aromatic nitrogens is 1. The second kappa shape index (κ2) is 7.18. The Kier molecular flexibility index (Phi) is 5.03. The fraction of sp³-hybridized carbons (Fsp3) is 0.353. The molecule has 0 spiro atoms. The Morgan fingerprint density at radius 2 is 1.73 bits per heavy atom. The maximum absolute atomic E-state index is 13.1. The Hall–Kier alpha value is -1.49. The van der Waals surface area contributed by atoms with Crippen LogP contribution in [0.15, 0.2) is 42.6 Å². The molecule has 0 aliphatic carbocycles. The van der Waals surface area contributed by atoms with Gasteiger partial charge in [0, 0.05) is 50.5 Å². The van der Waals surface area contributed by atoms with Crippen LogP contribution in [0.3, 0.4) is 0 Å². The topological polar surface area (TPSA) is 19.4 Å². The van der Waals surface area contributed by atoms with Crippen molar-refractivity contribution < 1.29 is 4.39 Å². The summed E-state index contributed by atoms with van der Waals surface area (Å²) in [7, 11) is 0. The molecule has 0 saturated carbocycles. The van der Waals surface area contributed by atoms with Crippen LogP contribution < -0.4 is 0 Å². The Morgan fingerprint density at radius 3 is 2.36 bits per heavy atom. The summed E-state index contributed by atoms with van der Waals surface area (Å²) in [4.78, 5) is 9.13. The highest BCUT2D eigenvalue weighted by Gasteiger charge is 2.18. The Balaban J connectivity index is 1.51. The van der Waals surface area contributed by atoms with Gasteiger partial charge < -0.3 is 0 Å². The molecule has 116 valence electrons. The van der Waals surface area contributed by atoms with Crippen molar-refractivity contribution >= 4 is 11.6 Å². The summed E-state index contributed by atoms with van der Waals surface area (Å²) in [5.74, 6) is -0.283. The van der Waals surface area contributed by atoms with Gasteiger partial charge in [-0.1, -0.05) is 23.7 Å². The summed E-state index contributed by atoms with van der Waals surface area (Å²) in [6.07, 6.45) is 1.84. The quantitative estimate of drug-likeness (QED) is 0.863. The van der Waals surface area contributed by atoms with Crippen LogP contribution in [0.25, 0.3) is 0 Å². The molecule has 1 fully saturated rings. The van der Waals surface area contributed by atoms with Gasteiger partial charge in [0.05, 0.1) is 5.69 Å². The van der Waals surface area contributed by atoms with Crippen LogP contribution in [0.1, 0.15) is 11.3 Å². The van der Waals surface area contributed by atoms with Gasteiger partial charge in [0.25, 0.3) is 0 Å². The fourth-order valence-electron chi connectivity index (χ4n) is 2.72. The van der Waals surface area contributed by atoms with Crippen molar-refractivity contribution in [2.24, 2.45) is 0 Å². The maximum atomic E-state index is 13.1. The number of halogens is 2. The molecule has 0 amide bonds. The average molecular weight is 320 g/mol. The largest absolute Gasteiger partial charge is 0.296 e. The predicted octanol–water partition coefficient (Wildman–Crippen LogP) is 3.19. The van der Waals surface area contributed by atoms with E-state index in [0.29, 0.717) is 5.02 Å². The van der Waals surface area contributed by atoms with Gasteiger partial charge in [0.15, 0.2) is 0 Å². The number of benzene rings is 1. The monoisotopic (exact) mass is 319 g/mol. The zero-order chi connectivity index (χ0) is 15.4. The van der Waals surface area contributed by atoms with Crippen LogP contribution >= 0.6 is 11.6 Å². The zero-order valence-corrected chi connectivity index (χ0v) is 13.1. The number of piperazine rings is 1. The molecule has 2 heterocycles. The molecule has 1 aromatic heterocycles. The molecule has 3 rings (SSSR count). The van der Waals surface area contributed by atoms with Crippen molar-refractivity contribution in [3.05, 3.63) is 64.7 Å². The molecule has 0 bridgehead atoms. The number of nitrogens with zero attached hydrogens (tertiary/aromatic N) is 3. The molecule has 3 nitrogen and oxygen atoms in total. The third-order valence-corrected chi connectivity index (χ3v) is 4.34. The average Bonchev–Trinajstić information content (AvgIpc) is 2.53. The highest BCUT2D eigenvalue weighted by Crippen LogP contribution is 2.20. The third-order valence-electron chi connectivity index (χ3n) is 3.99. The molecule has 1 saturated heterocycles. The van der Waals surface area contributed by atoms with Crippen LogP contribution in [-0.2, 0) is 13.1 Å². The van der Waals surface area contributed by atoms with Crippen LogP contribution in [0, 0.1) is 5.82 Å². The lowest BCUT2D eigenvalue weighted by molar-refractivity contribution is 0.121. The minimum Gasteiger partial charge on any atom is -0.296 e. The Morgan fingerprint density at radius 1 is 1.00 bits per heavy atom. The van der Waals surface area contributed by atoms with Crippen molar-refractivity contribution in [2.45, 2.75) is 13.1 Å². The van der Waals surface area contributed by atoms with Crippen LogP contribution in [0.4, 0.5) is 4.39 Å². The molecule has 0 radical (unpaired) electrons. The first-order chi connectivity index (χ1) is 10.7. The summed E-state index contributed by atoms with van der Waals surface area (Å²) in [5.41, 5.74) is 2.10. The summed E-state index contributed by atoms with van der Waals surface area (Å²) in [5, 5.41) is 0.510. The van der Waals surface area contributed by atoms with E-state index in [1.807, 2.05) is 18.3 Å². The lowest BCUT2D eigenvalue weighted by Crippen LogP contribution is -2.45. The van der Waals surface area contributed by atoms with E-state index in [1.54, 1.807) is 6.07 Å². The molecule has 1 aliphatic rings. The van der Waals surface area contributed by atoms with Gasteiger partial charge >= 0.3 is 0 Å². The van der Waals surface area contributed by atoms with E-state index in [4.69, 9.17) is 11.6 Å². The van der Waals surface area contributed by atoms with Crippen molar-refractivity contribution in [3.63, 3.8) is 0 Å². The first kappa shape index (κ1) is 15.4. The summed E-state index contributed by atoms with van der Waals surface area (Å²) < 4.78 is 13.1. The molecule has 22 heavy (non-hydrogen) atoms. The third kappa shape index (κ3) is 4.03. The van der Waals surface area contributed by atoms with Gasteiger partial charge in [-0.2, -0.15) is 0 Å². The molecular weight excluding hydrogens is 301 g/mol. The summed E-state index contributed by atoms with van der Waals surface area (Å²) in [6, 6.07) is 10.7. The number of hydrogen-bond acceptors (Lipinski definition) is 3. The minimum absolute atomic E-state index is 0.283. The Bertz CT molecular complexity index is 613. The molecule has 2 aromatic rings. The van der Waals surface area contributed by atoms with E-state index in [1.165, 1.54) is 12.1 Å². The lowest BCUT2D eigenvalue weighted by atomic mass is 10.2. The van der Waals surface area contributed by atoms with E-state index < -0.39 is 0 Å². The first-order valence-electron chi connectivity index (χ1n) is 7.49. The number of rotatable bonds is 4. The van der Waals surface area contributed by atoms with Gasteiger partial charge in [-0.15, -0.1) is 0 Å². The normalized spacial score (nSPS) is 16.8.